The standard InChI is InChI=1S/C15H16N6O/c1-2-18-15(22)11-7-21-13(14(17)19-8-20-21)12(11)9-3-5-10(16)6-4-9/h3-8H,2,16H2,1H3,(H,18,22)(H2,17,19,20). The maximum absolute atomic E-state index is 12.3. The minimum atomic E-state index is -0.181. The maximum Gasteiger partial charge on any atom is 0.253 e. The molecule has 22 heavy (non-hydrogen) atoms. The number of nitrogen functional groups attached to an aromatic ring is 2. The molecule has 7 nitrogen and oxygen atoms in total. The van der Waals surface area contributed by atoms with Gasteiger partial charge in [0.25, 0.3) is 5.91 Å². The summed E-state index contributed by atoms with van der Waals surface area (Å²) < 4.78 is 1.57. The van der Waals surface area contributed by atoms with E-state index >= 15 is 0 Å². The molecule has 0 radical (unpaired) electrons. The Labute approximate surface area is 127 Å². The highest BCUT2D eigenvalue weighted by atomic mass is 16.1. The van der Waals surface area contributed by atoms with Gasteiger partial charge in [-0.15, -0.1) is 0 Å². The Morgan fingerprint density at radius 1 is 1.27 bits per heavy atom. The average Bonchev–Trinajstić information content (AvgIpc) is 2.89. The van der Waals surface area contributed by atoms with E-state index in [0.29, 0.717) is 34.7 Å². The van der Waals surface area contributed by atoms with Crippen molar-refractivity contribution in [2.45, 2.75) is 6.92 Å². The molecule has 0 spiro atoms. The van der Waals surface area contributed by atoms with Gasteiger partial charge in [0.1, 0.15) is 11.8 Å². The van der Waals surface area contributed by atoms with Crippen LogP contribution in [0.2, 0.25) is 0 Å². The fraction of sp³-hybridized carbons (Fsp3) is 0.133. The summed E-state index contributed by atoms with van der Waals surface area (Å²) in [7, 11) is 0. The van der Waals surface area contributed by atoms with Crippen LogP contribution < -0.4 is 16.8 Å². The quantitative estimate of drug-likeness (QED) is 0.631. The molecule has 0 aliphatic rings. The van der Waals surface area contributed by atoms with Crippen LogP contribution >= 0.6 is 0 Å². The summed E-state index contributed by atoms with van der Waals surface area (Å²) in [5, 5.41) is 6.93. The lowest BCUT2D eigenvalue weighted by atomic mass is 10.0. The molecule has 3 aromatic rings. The zero-order valence-electron chi connectivity index (χ0n) is 12.1. The van der Waals surface area contributed by atoms with Crippen LogP contribution in [0.5, 0.6) is 0 Å². The van der Waals surface area contributed by atoms with E-state index in [9.17, 15) is 4.79 Å². The first kappa shape index (κ1) is 13.9. The van der Waals surface area contributed by atoms with Crippen LogP contribution in [0, 0.1) is 0 Å². The normalized spacial score (nSPS) is 10.8. The van der Waals surface area contributed by atoms with Crippen molar-refractivity contribution in [2.75, 3.05) is 18.0 Å². The second-order valence-electron chi connectivity index (χ2n) is 4.84. The van der Waals surface area contributed by atoms with Gasteiger partial charge in [0, 0.05) is 24.0 Å². The molecule has 0 atom stereocenters. The van der Waals surface area contributed by atoms with Crippen molar-refractivity contribution < 1.29 is 4.79 Å². The lowest BCUT2D eigenvalue weighted by molar-refractivity contribution is 0.0956. The van der Waals surface area contributed by atoms with E-state index in [4.69, 9.17) is 11.5 Å². The van der Waals surface area contributed by atoms with Gasteiger partial charge < -0.3 is 16.8 Å². The fourth-order valence-electron chi connectivity index (χ4n) is 2.40. The Kier molecular flexibility index (Phi) is 3.38. The Morgan fingerprint density at radius 3 is 2.68 bits per heavy atom. The van der Waals surface area contributed by atoms with E-state index in [-0.39, 0.29) is 5.91 Å². The molecule has 0 aliphatic carbocycles. The molecule has 0 saturated carbocycles. The van der Waals surface area contributed by atoms with E-state index in [0.717, 1.165) is 5.56 Å². The van der Waals surface area contributed by atoms with Crippen molar-refractivity contribution in [1.82, 2.24) is 19.9 Å². The average molecular weight is 296 g/mol. The number of carbonyl (C=O) groups is 1. The summed E-state index contributed by atoms with van der Waals surface area (Å²) >= 11 is 0. The molecule has 0 aliphatic heterocycles. The molecule has 5 N–H and O–H groups in total. The van der Waals surface area contributed by atoms with E-state index in [1.807, 2.05) is 19.1 Å². The van der Waals surface area contributed by atoms with Gasteiger partial charge in [0.2, 0.25) is 0 Å². The Morgan fingerprint density at radius 2 is 2.00 bits per heavy atom. The number of nitrogens with two attached hydrogens (primary N) is 2. The minimum Gasteiger partial charge on any atom is -0.399 e. The van der Waals surface area contributed by atoms with Crippen LogP contribution in [0.1, 0.15) is 17.3 Å². The molecular formula is C15H16N6O. The highest BCUT2D eigenvalue weighted by molar-refractivity contribution is 6.07. The predicted octanol–water partition coefficient (Wildman–Crippen LogP) is 1.31. The highest BCUT2D eigenvalue weighted by Gasteiger charge is 2.20. The van der Waals surface area contributed by atoms with Gasteiger partial charge >= 0.3 is 0 Å². The van der Waals surface area contributed by atoms with E-state index in [2.05, 4.69) is 15.4 Å². The summed E-state index contributed by atoms with van der Waals surface area (Å²) in [4.78, 5) is 16.4. The van der Waals surface area contributed by atoms with Crippen molar-refractivity contribution in [3.05, 3.63) is 42.4 Å². The van der Waals surface area contributed by atoms with Crippen molar-refractivity contribution in [2.24, 2.45) is 0 Å². The maximum atomic E-state index is 12.3. The first-order valence-corrected chi connectivity index (χ1v) is 6.87. The molecule has 1 aromatic carbocycles. The summed E-state index contributed by atoms with van der Waals surface area (Å²) in [5.74, 6) is 0.136. The van der Waals surface area contributed by atoms with Crippen LogP contribution in [-0.4, -0.2) is 27.0 Å². The van der Waals surface area contributed by atoms with Crippen molar-refractivity contribution in [3.63, 3.8) is 0 Å². The number of hydrogen-bond donors (Lipinski definition) is 3. The summed E-state index contributed by atoms with van der Waals surface area (Å²) in [6.45, 7) is 2.40. The molecule has 1 amide bonds. The van der Waals surface area contributed by atoms with Crippen LogP contribution in [0.25, 0.3) is 16.6 Å². The predicted molar refractivity (Wildman–Crippen MR) is 85.3 cm³/mol. The number of carbonyl (C=O) groups excluding carboxylic acids is 1. The van der Waals surface area contributed by atoms with Gasteiger partial charge in [-0.3, -0.25) is 4.79 Å². The lowest BCUT2D eigenvalue weighted by Crippen LogP contribution is -2.22. The van der Waals surface area contributed by atoms with Crippen molar-refractivity contribution in [1.29, 1.82) is 0 Å². The van der Waals surface area contributed by atoms with Gasteiger partial charge in [-0.2, -0.15) is 5.10 Å². The molecule has 2 aromatic heterocycles. The third-order valence-electron chi connectivity index (χ3n) is 3.38. The van der Waals surface area contributed by atoms with Crippen LogP contribution in [0.15, 0.2) is 36.8 Å². The number of fused-ring (bicyclic) bond motifs is 1. The molecule has 0 bridgehead atoms. The monoisotopic (exact) mass is 296 g/mol. The number of anilines is 2. The number of hydrogen-bond acceptors (Lipinski definition) is 5. The molecule has 112 valence electrons. The number of amides is 1. The molecule has 7 heteroatoms. The molecular weight excluding hydrogens is 280 g/mol. The molecule has 0 saturated heterocycles. The molecule has 0 unspecified atom stereocenters. The van der Waals surface area contributed by atoms with Crippen LogP contribution in [0.4, 0.5) is 11.5 Å². The van der Waals surface area contributed by atoms with Gasteiger partial charge in [0.15, 0.2) is 5.82 Å². The van der Waals surface area contributed by atoms with Crippen molar-refractivity contribution in [3.8, 4) is 11.1 Å². The largest absolute Gasteiger partial charge is 0.399 e. The third-order valence-corrected chi connectivity index (χ3v) is 3.38. The fourth-order valence-corrected chi connectivity index (χ4v) is 2.40. The van der Waals surface area contributed by atoms with E-state index in [1.165, 1.54) is 6.33 Å². The topological polar surface area (TPSA) is 111 Å². The smallest absolute Gasteiger partial charge is 0.253 e. The summed E-state index contributed by atoms with van der Waals surface area (Å²) in [6, 6.07) is 7.25. The van der Waals surface area contributed by atoms with E-state index < -0.39 is 0 Å². The van der Waals surface area contributed by atoms with Crippen LogP contribution in [0.3, 0.4) is 0 Å². The lowest BCUT2D eigenvalue weighted by Gasteiger charge is -2.06. The van der Waals surface area contributed by atoms with Gasteiger partial charge in [-0.25, -0.2) is 9.50 Å². The first-order chi connectivity index (χ1) is 10.6. The van der Waals surface area contributed by atoms with E-state index in [1.54, 1.807) is 22.8 Å². The Bertz CT molecular complexity index is 837. The second-order valence-corrected chi connectivity index (χ2v) is 4.84. The zero-order valence-corrected chi connectivity index (χ0v) is 12.1. The molecule has 0 fully saturated rings. The Balaban J connectivity index is 2.31. The summed E-state index contributed by atoms with van der Waals surface area (Å²) in [6.07, 6.45) is 3.01. The number of aromatic nitrogens is 3. The number of rotatable bonds is 3. The van der Waals surface area contributed by atoms with Gasteiger partial charge in [0.05, 0.1) is 5.56 Å². The Hall–Kier alpha value is -3.09. The first-order valence-electron chi connectivity index (χ1n) is 6.87. The highest BCUT2D eigenvalue weighted by Crippen LogP contribution is 2.32. The molecule has 3 rings (SSSR count). The number of nitrogens with one attached hydrogen (secondary N) is 1. The number of nitrogens with zero attached hydrogens (tertiary/aromatic N) is 3. The number of benzene rings is 1. The van der Waals surface area contributed by atoms with Crippen molar-refractivity contribution >= 4 is 22.9 Å². The van der Waals surface area contributed by atoms with Gasteiger partial charge in [-0.05, 0) is 24.6 Å². The minimum absolute atomic E-state index is 0.181. The summed E-state index contributed by atoms with van der Waals surface area (Å²) in [5.41, 5.74) is 15.0. The SMILES string of the molecule is CCNC(=O)c1cn2ncnc(N)c2c1-c1ccc(N)cc1. The van der Waals surface area contributed by atoms with Gasteiger partial charge in [-0.1, -0.05) is 12.1 Å². The third kappa shape index (κ3) is 2.22. The van der Waals surface area contributed by atoms with Crippen LogP contribution in [-0.2, 0) is 0 Å². The zero-order chi connectivity index (χ0) is 15.7. The second kappa shape index (κ2) is 5.36. The molecule has 2 heterocycles.